The van der Waals surface area contributed by atoms with Gasteiger partial charge in [-0.25, -0.2) is 4.79 Å². The molecule has 33 heavy (non-hydrogen) atoms. The number of nitrogens with zero attached hydrogens (tertiary/aromatic N) is 1. The number of hydrogen-bond donors (Lipinski definition) is 3. The highest BCUT2D eigenvalue weighted by molar-refractivity contribution is 6.10. The summed E-state index contributed by atoms with van der Waals surface area (Å²) < 4.78 is 10.9. The fourth-order valence-corrected chi connectivity index (χ4v) is 4.47. The van der Waals surface area contributed by atoms with Gasteiger partial charge in [-0.2, -0.15) is 0 Å². The summed E-state index contributed by atoms with van der Waals surface area (Å²) in [5.74, 6) is -1.55. The maximum Gasteiger partial charge on any atom is 0.347 e. The Bertz CT molecular complexity index is 1260. The highest BCUT2D eigenvalue weighted by Gasteiger charge is 2.33. The van der Waals surface area contributed by atoms with Gasteiger partial charge in [-0.15, -0.1) is 0 Å². The number of phenolic OH excluding ortho intramolecular Hbond substituents is 1. The van der Waals surface area contributed by atoms with Crippen molar-refractivity contribution in [1.82, 2.24) is 4.90 Å². The van der Waals surface area contributed by atoms with Crippen molar-refractivity contribution < 1.29 is 33.8 Å². The first-order valence-electron chi connectivity index (χ1n) is 10.6. The van der Waals surface area contributed by atoms with Crippen LogP contribution in [0.3, 0.4) is 0 Å². The molecule has 10 heteroatoms. The van der Waals surface area contributed by atoms with E-state index in [1.54, 1.807) is 4.90 Å². The molecule has 4 N–H and O–H groups in total. The van der Waals surface area contributed by atoms with Crippen LogP contribution in [0.4, 0.5) is 0 Å². The number of carboxylic acid groups (broad SMARTS) is 1. The minimum absolute atomic E-state index is 0.00936. The molecule has 2 aromatic rings. The highest BCUT2D eigenvalue weighted by atomic mass is 16.5. The smallest absolute Gasteiger partial charge is 0.347 e. The van der Waals surface area contributed by atoms with Crippen molar-refractivity contribution in [1.29, 1.82) is 0 Å². The van der Waals surface area contributed by atoms with Crippen LogP contribution in [0.15, 0.2) is 21.4 Å². The zero-order chi connectivity index (χ0) is 23.9. The predicted octanol–water partition coefficient (Wildman–Crippen LogP) is 1.44. The average molecular weight is 456 g/mol. The molecule has 4 rings (SSSR count). The van der Waals surface area contributed by atoms with Gasteiger partial charge in [0.25, 0.3) is 0 Å². The molecule has 0 saturated carbocycles. The maximum atomic E-state index is 12.6. The number of aromatic hydroxyl groups is 1. The molecule has 10 nitrogen and oxygen atoms in total. The molecule has 2 heterocycles. The third-order valence-corrected chi connectivity index (χ3v) is 6.13. The second-order valence-corrected chi connectivity index (χ2v) is 8.21. The van der Waals surface area contributed by atoms with Crippen LogP contribution in [0.1, 0.15) is 47.2 Å². The Labute approximate surface area is 188 Å². The third kappa shape index (κ3) is 3.97. The lowest BCUT2D eigenvalue weighted by atomic mass is 9.97. The molecule has 0 radical (unpaired) electrons. The molecular formula is C23H24N2O8. The zero-order valence-corrected chi connectivity index (χ0v) is 18.1. The van der Waals surface area contributed by atoms with Gasteiger partial charge < -0.3 is 30.0 Å². The van der Waals surface area contributed by atoms with Crippen LogP contribution < -0.4 is 16.1 Å². The number of fused-ring (bicyclic) bond motifs is 3. The van der Waals surface area contributed by atoms with E-state index in [0.29, 0.717) is 48.8 Å². The van der Waals surface area contributed by atoms with E-state index in [9.17, 15) is 24.3 Å². The monoisotopic (exact) mass is 456 g/mol. The Kier molecular flexibility index (Phi) is 5.94. The number of Topliss-reactive ketones (excluding diaryl/α,β-unsaturated/α-hetero) is 1. The molecule has 1 aliphatic heterocycles. The maximum absolute atomic E-state index is 12.6. The van der Waals surface area contributed by atoms with Gasteiger partial charge in [-0.1, -0.05) is 0 Å². The van der Waals surface area contributed by atoms with Crippen LogP contribution in [0.25, 0.3) is 16.5 Å². The quantitative estimate of drug-likeness (QED) is 0.394. The fourth-order valence-electron chi connectivity index (χ4n) is 4.47. The van der Waals surface area contributed by atoms with Crippen molar-refractivity contribution in [2.24, 2.45) is 5.73 Å². The number of carbonyl (C=O) groups is 3. The molecule has 1 amide bonds. The average Bonchev–Trinajstić information content (AvgIpc) is 3.33. The number of benzene rings is 1. The fraction of sp³-hybridized carbons (Fsp3) is 0.391. The largest absolute Gasteiger partial charge is 0.507 e. The minimum atomic E-state index is -1.06. The summed E-state index contributed by atoms with van der Waals surface area (Å²) in [4.78, 5) is 49.7. The molecule has 1 aromatic heterocycles. The number of hydrogen-bond acceptors (Lipinski definition) is 8. The van der Waals surface area contributed by atoms with Crippen molar-refractivity contribution >= 4 is 34.2 Å². The molecule has 0 fully saturated rings. The molecule has 1 atom stereocenters. The number of ketones is 1. The van der Waals surface area contributed by atoms with Crippen molar-refractivity contribution in [3.8, 4) is 11.5 Å². The Balaban J connectivity index is 1.65. The lowest BCUT2D eigenvalue weighted by Crippen LogP contribution is -2.31. The molecule has 0 saturated heterocycles. The number of methoxy groups -OCH3 is 1. The van der Waals surface area contributed by atoms with Gasteiger partial charge in [-0.3, -0.25) is 14.4 Å². The predicted molar refractivity (Wildman–Crippen MR) is 117 cm³/mol. The summed E-state index contributed by atoms with van der Waals surface area (Å²) in [6.07, 6.45) is 3.34. The lowest BCUT2D eigenvalue weighted by Gasteiger charge is -2.18. The van der Waals surface area contributed by atoms with E-state index in [4.69, 9.17) is 20.0 Å². The highest BCUT2D eigenvalue weighted by Crippen LogP contribution is 2.43. The molecule has 1 aromatic carbocycles. The van der Waals surface area contributed by atoms with Crippen LogP contribution in [0, 0.1) is 0 Å². The Morgan fingerprint density at radius 2 is 2.00 bits per heavy atom. The number of unbranched alkanes of at least 4 members (excludes halogenated alkanes) is 1. The van der Waals surface area contributed by atoms with Gasteiger partial charge in [0.15, 0.2) is 11.4 Å². The van der Waals surface area contributed by atoms with Crippen LogP contribution in [-0.4, -0.2) is 59.0 Å². The lowest BCUT2D eigenvalue weighted by molar-refractivity contribution is -0.138. The summed E-state index contributed by atoms with van der Waals surface area (Å²) in [5.41, 5.74) is 6.04. The van der Waals surface area contributed by atoms with Crippen LogP contribution in [0.5, 0.6) is 11.5 Å². The first-order chi connectivity index (χ1) is 15.7. The number of rotatable bonds is 8. The van der Waals surface area contributed by atoms with E-state index >= 15 is 0 Å². The number of aryl methyl sites for hydroxylation is 1. The van der Waals surface area contributed by atoms with Gasteiger partial charge in [0.2, 0.25) is 5.91 Å². The number of amides is 1. The van der Waals surface area contributed by atoms with Gasteiger partial charge in [0, 0.05) is 31.7 Å². The molecular weight excluding hydrogens is 432 g/mol. The van der Waals surface area contributed by atoms with Gasteiger partial charge in [-0.05, 0) is 36.8 Å². The summed E-state index contributed by atoms with van der Waals surface area (Å²) in [6.45, 7) is 0.562. The number of aliphatic carboxylic acids is 1. The molecule has 0 spiro atoms. The van der Waals surface area contributed by atoms with E-state index in [1.807, 2.05) is 0 Å². The zero-order valence-electron chi connectivity index (χ0n) is 18.1. The number of nitrogens with two attached hydrogens (primary N) is 1. The van der Waals surface area contributed by atoms with Crippen molar-refractivity contribution in [3.63, 3.8) is 0 Å². The standard InChI is InChI=1S/C23H24N2O8/c1-32-16-9-15(27)18(21-20(16)12-5-6-14(26)19(12)23(31)33-21)11-8-17(28)25(10-11)7-3-2-4-13(24)22(29)30/h8-9,13,27H,2-7,10,24H2,1H3,(H,29,30). The summed E-state index contributed by atoms with van der Waals surface area (Å²) in [6, 6.07) is 0.453. The number of ether oxygens (including phenoxy) is 1. The summed E-state index contributed by atoms with van der Waals surface area (Å²) in [5, 5.41) is 20.0. The van der Waals surface area contributed by atoms with Gasteiger partial charge in [0.05, 0.1) is 18.1 Å². The number of carbonyl (C=O) groups excluding carboxylic acids is 2. The number of phenols is 1. The summed E-state index contributed by atoms with van der Waals surface area (Å²) in [7, 11) is 1.42. The molecule has 1 unspecified atom stereocenters. The molecule has 0 bridgehead atoms. The second-order valence-electron chi connectivity index (χ2n) is 8.21. The number of carboxylic acids is 1. The van der Waals surface area contributed by atoms with Crippen LogP contribution in [-0.2, 0) is 16.0 Å². The molecule has 1 aliphatic carbocycles. The van der Waals surface area contributed by atoms with Crippen LogP contribution >= 0.6 is 0 Å². The van der Waals surface area contributed by atoms with Gasteiger partial charge in [0.1, 0.15) is 23.1 Å². The first-order valence-corrected chi connectivity index (χ1v) is 10.6. The topological polar surface area (TPSA) is 160 Å². The van der Waals surface area contributed by atoms with E-state index in [-0.39, 0.29) is 52.9 Å². The summed E-state index contributed by atoms with van der Waals surface area (Å²) >= 11 is 0. The van der Waals surface area contributed by atoms with E-state index in [1.165, 1.54) is 19.3 Å². The SMILES string of the molecule is COc1cc(O)c(C2=CC(=O)N(CCCCC(N)C(=O)O)C2)c2oc(=O)c3c(c12)CCC3=O. The Morgan fingerprint density at radius 3 is 2.70 bits per heavy atom. The third-order valence-electron chi connectivity index (χ3n) is 6.13. The normalized spacial score (nSPS) is 16.3. The van der Waals surface area contributed by atoms with Crippen LogP contribution in [0.2, 0.25) is 0 Å². The van der Waals surface area contributed by atoms with Gasteiger partial charge >= 0.3 is 11.6 Å². The Hall–Kier alpha value is -3.66. The van der Waals surface area contributed by atoms with E-state index < -0.39 is 17.6 Å². The molecule has 174 valence electrons. The van der Waals surface area contributed by atoms with Crippen molar-refractivity contribution in [2.75, 3.05) is 20.2 Å². The van der Waals surface area contributed by atoms with E-state index in [2.05, 4.69) is 0 Å². The second kappa shape index (κ2) is 8.70. The van der Waals surface area contributed by atoms with Crippen molar-refractivity contribution in [3.05, 3.63) is 39.3 Å². The first kappa shape index (κ1) is 22.5. The Morgan fingerprint density at radius 1 is 1.24 bits per heavy atom. The van der Waals surface area contributed by atoms with Crippen molar-refractivity contribution in [2.45, 2.75) is 38.1 Å². The minimum Gasteiger partial charge on any atom is -0.507 e. The molecule has 2 aliphatic rings. The van der Waals surface area contributed by atoms with E-state index in [0.717, 1.165) is 0 Å².